The summed E-state index contributed by atoms with van der Waals surface area (Å²) >= 11 is 0. The van der Waals surface area contributed by atoms with Gasteiger partial charge in [-0.3, -0.25) is 14.4 Å². The van der Waals surface area contributed by atoms with Gasteiger partial charge in [0.25, 0.3) is 11.8 Å². The topological polar surface area (TPSA) is 115 Å². The van der Waals surface area contributed by atoms with Crippen molar-refractivity contribution in [2.75, 3.05) is 19.0 Å². The summed E-state index contributed by atoms with van der Waals surface area (Å²) in [5.74, 6) is -3.10. The van der Waals surface area contributed by atoms with E-state index in [2.05, 4.69) is 25.7 Å². The number of hydrogen-bond acceptors (Lipinski definition) is 6. The maximum atomic E-state index is 13.7. The van der Waals surface area contributed by atoms with Gasteiger partial charge in [0, 0.05) is 11.3 Å². The van der Waals surface area contributed by atoms with E-state index in [0.29, 0.717) is 4.68 Å². The van der Waals surface area contributed by atoms with Gasteiger partial charge in [-0.2, -0.15) is 13.2 Å². The molecule has 0 fully saturated rings. The molecule has 2 amide bonds. The van der Waals surface area contributed by atoms with Gasteiger partial charge in [-0.25, -0.2) is 9.07 Å². The van der Waals surface area contributed by atoms with Crippen LogP contribution in [0.2, 0.25) is 0 Å². The molecule has 9 nitrogen and oxygen atoms in total. The zero-order chi connectivity index (χ0) is 24.2. The summed E-state index contributed by atoms with van der Waals surface area (Å²) in [5.41, 5.74) is -2.36. The minimum Gasteiger partial charge on any atom is -0.468 e. The van der Waals surface area contributed by atoms with Crippen molar-refractivity contribution < 1.29 is 36.7 Å². The molecule has 0 aliphatic heterocycles. The molecule has 33 heavy (non-hydrogen) atoms. The molecule has 0 aliphatic carbocycles. The van der Waals surface area contributed by atoms with Crippen LogP contribution < -0.4 is 10.6 Å². The van der Waals surface area contributed by atoms with Gasteiger partial charge in [0.15, 0.2) is 11.4 Å². The average Bonchev–Trinajstić information content (AvgIpc) is 3.24. The van der Waals surface area contributed by atoms with E-state index < -0.39 is 41.2 Å². The van der Waals surface area contributed by atoms with Crippen LogP contribution in [0.5, 0.6) is 0 Å². The number of rotatable bonds is 6. The van der Waals surface area contributed by atoms with Crippen molar-refractivity contribution >= 4 is 23.5 Å². The van der Waals surface area contributed by atoms with Gasteiger partial charge >= 0.3 is 12.1 Å². The fraction of sp³-hybridized carbons (Fsp3) is 0.150. The Morgan fingerprint density at radius 1 is 1.00 bits per heavy atom. The predicted octanol–water partition coefficient (Wildman–Crippen LogP) is 2.58. The highest BCUT2D eigenvalue weighted by Crippen LogP contribution is 2.33. The van der Waals surface area contributed by atoms with Crippen LogP contribution in [0.15, 0.2) is 48.5 Å². The molecule has 2 aromatic carbocycles. The third-order valence-corrected chi connectivity index (χ3v) is 4.25. The molecule has 0 radical (unpaired) electrons. The minimum atomic E-state index is -4.99. The van der Waals surface area contributed by atoms with E-state index >= 15 is 0 Å². The zero-order valence-corrected chi connectivity index (χ0v) is 16.8. The molecule has 0 aliphatic rings. The second-order valence-corrected chi connectivity index (χ2v) is 6.46. The van der Waals surface area contributed by atoms with Crippen molar-refractivity contribution in [2.24, 2.45) is 0 Å². The lowest BCUT2D eigenvalue weighted by molar-refractivity contribution is -0.143. The molecule has 172 valence electrons. The van der Waals surface area contributed by atoms with Gasteiger partial charge < -0.3 is 15.4 Å². The lowest BCUT2D eigenvalue weighted by Crippen LogP contribution is -2.30. The number of nitrogens with zero attached hydrogens (tertiary/aromatic N) is 3. The average molecular weight is 465 g/mol. The minimum absolute atomic E-state index is 0.0778. The molecule has 0 saturated carbocycles. The molecule has 0 unspecified atom stereocenters. The maximum absolute atomic E-state index is 13.7. The van der Waals surface area contributed by atoms with Crippen molar-refractivity contribution in [1.29, 1.82) is 0 Å². The lowest BCUT2D eigenvalue weighted by Gasteiger charge is -2.11. The number of anilines is 1. The maximum Gasteiger partial charge on any atom is 0.435 e. The number of nitrogens with one attached hydrogen (secondary N) is 2. The Morgan fingerprint density at radius 2 is 1.64 bits per heavy atom. The number of esters is 1. The fourth-order valence-corrected chi connectivity index (χ4v) is 2.67. The molecule has 0 atom stereocenters. The standard InChI is InChI=1S/C20H15F4N5O4/c1-33-15(30)10-25-18(31)11-2-6-13(7-3-11)26-19(32)16-17(20(22,23)24)29(28-27-16)14-8-4-12(21)5-9-14/h2-9H,10H2,1H3,(H,25,31)(H,26,32). The normalized spacial score (nSPS) is 11.1. The Hall–Kier alpha value is -4.29. The highest BCUT2D eigenvalue weighted by Gasteiger charge is 2.42. The number of amides is 2. The van der Waals surface area contributed by atoms with Crippen molar-refractivity contribution in [3.63, 3.8) is 0 Å². The molecule has 0 spiro atoms. The van der Waals surface area contributed by atoms with Gasteiger partial charge in [0.1, 0.15) is 12.4 Å². The van der Waals surface area contributed by atoms with Crippen molar-refractivity contribution in [3.8, 4) is 5.69 Å². The number of halogens is 4. The molecular formula is C20H15F4N5O4. The summed E-state index contributed by atoms with van der Waals surface area (Å²) in [6, 6.07) is 9.16. The van der Waals surface area contributed by atoms with E-state index in [4.69, 9.17) is 0 Å². The first-order valence-corrected chi connectivity index (χ1v) is 9.15. The number of ether oxygens (including phenoxy) is 1. The summed E-state index contributed by atoms with van der Waals surface area (Å²) in [6.45, 7) is -0.349. The molecular weight excluding hydrogens is 450 g/mol. The summed E-state index contributed by atoms with van der Waals surface area (Å²) in [4.78, 5) is 35.5. The first kappa shape index (κ1) is 23.4. The Balaban J connectivity index is 1.80. The van der Waals surface area contributed by atoms with E-state index in [9.17, 15) is 31.9 Å². The van der Waals surface area contributed by atoms with Gasteiger partial charge in [0.2, 0.25) is 0 Å². The Morgan fingerprint density at radius 3 is 2.21 bits per heavy atom. The zero-order valence-electron chi connectivity index (χ0n) is 16.8. The second-order valence-electron chi connectivity index (χ2n) is 6.46. The van der Waals surface area contributed by atoms with Crippen molar-refractivity contribution in [3.05, 3.63) is 71.3 Å². The number of carbonyl (C=O) groups excluding carboxylic acids is 3. The van der Waals surface area contributed by atoms with Crippen LogP contribution in [-0.2, 0) is 15.7 Å². The third kappa shape index (κ3) is 5.50. The van der Waals surface area contributed by atoms with E-state index in [1.165, 1.54) is 24.3 Å². The largest absolute Gasteiger partial charge is 0.468 e. The van der Waals surface area contributed by atoms with Gasteiger partial charge in [0.05, 0.1) is 12.8 Å². The number of carbonyl (C=O) groups is 3. The third-order valence-electron chi connectivity index (χ3n) is 4.25. The summed E-state index contributed by atoms with van der Waals surface area (Å²) in [6.07, 6.45) is -4.99. The monoisotopic (exact) mass is 465 g/mol. The number of alkyl halides is 3. The Bertz CT molecular complexity index is 1170. The molecule has 13 heteroatoms. The number of aromatic nitrogens is 3. The summed E-state index contributed by atoms with van der Waals surface area (Å²) in [5, 5.41) is 11.3. The molecule has 1 aromatic heterocycles. The highest BCUT2D eigenvalue weighted by molar-refractivity contribution is 6.04. The Kier molecular flexibility index (Phi) is 6.70. The van der Waals surface area contributed by atoms with Gasteiger partial charge in [-0.1, -0.05) is 5.21 Å². The second kappa shape index (κ2) is 9.46. The van der Waals surface area contributed by atoms with Crippen molar-refractivity contribution in [2.45, 2.75) is 6.18 Å². The smallest absolute Gasteiger partial charge is 0.435 e. The van der Waals surface area contributed by atoms with Crippen LogP contribution in [0, 0.1) is 5.82 Å². The molecule has 2 N–H and O–H groups in total. The number of benzene rings is 2. The van der Waals surface area contributed by atoms with Crippen LogP contribution in [-0.4, -0.2) is 46.4 Å². The number of methoxy groups -OCH3 is 1. The molecule has 3 aromatic rings. The predicted molar refractivity (Wildman–Crippen MR) is 105 cm³/mol. The van der Waals surface area contributed by atoms with Crippen LogP contribution in [0.25, 0.3) is 5.69 Å². The molecule has 3 rings (SSSR count). The van der Waals surface area contributed by atoms with Gasteiger partial charge in [-0.15, -0.1) is 5.10 Å². The summed E-state index contributed by atoms with van der Waals surface area (Å²) in [7, 11) is 1.16. The first-order valence-electron chi connectivity index (χ1n) is 9.15. The first-order chi connectivity index (χ1) is 15.6. The Labute approximate surface area is 183 Å². The molecule has 0 bridgehead atoms. The SMILES string of the molecule is COC(=O)CNC(=O)c1ccc(NC(=O)c2nnn(-c3ccc(F)cc3)c2C(F)(F)F)cc1. The fourth-order valence-electron chi connectivity index (χ4n) is 2.67. The lowest BCUT2D eigenvalue weighted by atomic mass is 10.2. The van der Waals surface area contributed by atoms with E-state index in [1.807, 2.05) is 0 Å². The quantitative estimate of drug-likeness (QED) is 0.427. The van der Waals surface area contributed by atoms with Gasteiger partial charge in [-0.05, 0) is 48.5 Å². The van der Waals surface area contributed by atoms with Crippen molar-refractivity contribution in [1.82, 2.24) is 20.3 Å². The molecule has 1 heterocycles. The highest BCUT2D eigenvalue weighted by atomic mass is 19.4. The van der Waals surface area contributed by atoms with E-state index in [1.54, 1.807) is 0 Å². The van der Waals surface area contributed by atoms with Crippen LogP contribution in [0.4, 0.5) is 23.2 Å². The van der Waals surface area contributed by atoms with Crippen LogP contribution in [0.1, 0.15) is 26.5 Å². The van der Waals surface area contributed by atoms with E-state index in [-0.39, 0.29) is 23.5 Å². The number of hydrogen-bond donors (Lipinski definition) is 2. The van der Waals surface area contributed by atoms with Crippen LogP contribution in [0.3, 0.4) is 0 Å². The molecule has 0 saturated heterocycles. The summed E-state index contributed by atoms with van der Waals surface area (Å²) < 4.78 is 58.9. The van der Waals surface area contributed by atoms with Crippen LogP contribution >= 0.6 is 0 Å². The van der Waals surface area contributed by atoms with E-state index in [0.717, 1.165) is 31.4 Å².